The Labute approximate surface area is 223 Å². The van der Waals surface area contributed by atoms with Crippen LogP contribution in [0.3, 0.4) is 0 Å². The van der Waals surface area contributed by atoms with E-state index in [9.17, 15) is 0 Å². The van der Waals surface area contributed by atoms with Crippen LogP contribution in [-0.4, -0.2) is 46.7 Å². The van der Waals surface area contributed by atoms with Crippen LogP contribution in [-0.2, 0) is 6.54 Å². The van der Waals surface area contributed by atoms with E-state index in [2.05, 4.69) is 70.3 Å². The Bertz CT molecular complexity index is 1530. The molecule has 1 fully saturated rings. The number of aryl methyl sites for hydroxylation is 1. The maximum Gasteiger partial charge on any atom is 0.161 e. The molecule has 38 heavy (non-hydrogen) atoms. The number of piperidine rings is 1. The molecule has 6 heteroatoms. The Hall–Kier alpha value is -4.03. The molecule has 1 N–H and O–H groups in total. The number of hydrogen-bond acceptors (Lipinski definition) is 4. The van der Waals surface area contributed by atoms with Gasteiger partial charge < -0.3 is 19.0 Å². The largest absolute Gasteiger partial charge is 0.493 e. The molecule has 2 aromatic heterocycles. The summed E-state index contributed by atoms with van der Waals surface area (Å²) >= 11 is 0. The van der Waals surface area contributed by atoms with Gasteiger partial charge in [-0.2, -0.15) is 0 Å². The normalized spacial score (nSPS) is 14.7. The van der Waals surface area contributed by atoms with Gasteiger partial charge in [-0.25, -0.2) is 4.98 Å². The van der Waals surface area contributed by atoms with Gasteiger partial charge in [0.15, 0.2) is 11.5 Å². The summed E-state index contributed by atoms with van der Waals surface area (Å²) in [5.41, 5.74) is 8.63. The van der Waals surface area contributed by atoms with Crippen LogP contribution >= 0.6 is 0 Å². The molecule has 1 aliphatic rings. The standard InChI is InChI=1S/C32H34N4O2/c1-22-28-18-25(6-10-29(28)34-32(22)26-7-11-30(37-2)31(19-26)38-3)24-12-15-35(16-13-24)20-23-4-8-27(9-5-23)36-17-14-33-21-36/h4-11,14,17-19,21,24,34H,12-13,15-16,20H2,1-3H3. The van der Waals surface area contributed by atoms with Gasteiger partial charge in [0.2, 0.25) is 0 Å². The molecule has 0 unspecified atom stereocenters. The van der Waals surface area contributed by atoms with Crippen LogP contribution in [0.25, 0.3) is 27.8 Å². The van der Waals surface area contributed by atoms with E-state index in [0.717, 1.165) is 48.1 Å². The number of aromatic amines is 1. The summed E-state index contributed by atoms with van der Waals surface area (Å²) in [5.74, 6) is 2.08. The predicted molar refractivity (Wildman–Crippen MR) is 152 cm³/mol. The predicted octanol–water partition coefficient (Wildman–Crippen LogP) is 6.73. The van der Waals surface area contributed by atoms with Crippen molar-refractivity contribution in [3.63, 3.8) is 0 Å². The topological polar surface area (TPSA) is 55.3 Å². The van der Waals surface area contributed by atoms with Crippen LogP contribution in [0.15, 0.2) is 79.4 Å². The Morgan fingerprint density at radius 3 is 2.42 bits per heavy atom. The first-order valence-corrected chi connectivity index (χ1v) is 13.3. The molecule has 6 nitrogen and oxygen atoms in total. The second kappa shape index (κ2) is 10.4. The highest BCUT2D eigenvalue weighted by molar-refractivity contribution is 5.91. The fourth-order valence-electron chi connectivity index (χ4n) is 5.75. The first kappa shape index (κ1) is 24.3. The number of likely N-dealkylation sites (tertiary alicyclic amines) is 1. The second-order valence-corrected chi connectivity index (χ2v) is 10.2. The summed E-state index contributed by atoms with van der Waals surface area (Å²) in [4.78, 5) is 10.4. The lowest BCUT2D eigenvalue weighted by molar-refractivity contribution is 0.204. The third-order valence-electron chi connectivity index (χ3n) is 7.96. The van der Waals surface area contributed by atoms with Crippen LogP contribution in [0.4, 0.5) is 0 Å². The summed E-state index contributed by atoms with van der Waals surface area (Å²) in [7, 11) is 3.34. The third-order valence-corrected chi connectivity index (χ3v) is 7.96. The maximum atomic E-state index is 5.53. The molecule has 0 amide bonds. The molecular weight excluding hydrogens is 472 g/mol. The first-order chi connectivity index (χ1) is 18.6. The molecule has 1 saturated heterocycles. The molecule has 0 aliphatic carbocycles. The summed E-state index contributed by atoms with van der Waals surface area (Å²) in [6.07, 6.45) is 7.99. The van der Waals surface area contributed by atoms with Crippen molar-refractivity contribution in [3.8, 4) is 28.4 Å². The van der Waals surface area contributed by atoms with Crippen LogP contribution < -0.4 is 9.47 Å². The van der Waals surface area contributed by atoms with Gasteiger partial charge in [-0.15, -0.1) is 0 Å². The molecule has 5 aromatic rings. The van der Waals surface area contributed by atoms with Crippen molar-refractivity contribution in [2.75, 3.05) is 27.3 Å². The van der Waals surface area contributed by atoms with E-state index < -0.39 is 0 Å². The van der Waals surface area contributed by atoms with Crippen LogP contribution in [0.5, 0.6) is 11.5 Å². The van der Waals surface area contributed by atoms with E-state index in [-0.39, 0.29) is 0 Å². The van der Waals surface area contributed by atoms with Gasteiger partial charge in [0.05, 0.1) is 20.5 Å². The number of rotatable bonds is 7. The molecule has 0 spiro atoms. The fraction of sp³-hybridized carbons (Fsp3) is 0.281. The molecule has 0 saturated carbocycles. The van der Waals surface area contributed by atoms with Gasteiger partial charge in [0.25, 0.3) is 0 Å². The van der Waals surface area contributed by atoms with Crippen LogP contribution in [0.1, 0.15) is 35.4 Å². The summed E-state index contributed by atoms with van der Waals surface area (Å²) in [6, 6.07) is 21.9. The Morgan fingerprint density at radius 2 is 1.71 bits per heavy atom. The minimum Gasteiger partial charge on any atom is -0.493 e. The zero-order chi connectivity index (χ0) is 26.1. The number of nitrogens with zero attached hydrogens (tertiary/aromatic N) is 3. The van der Waals surface area contributed by atoms with Crippen molar-refractivity contribution in [2.45, 2.75) is 32.2 Å². The van der Waals surface area contributed by atoms with Crippen LogP contribution in [0.2, 0.25) is 0 Å². The Kier molecular flexibility index (Phi) is 6.64. The smallest absolute Gasteiger partial charge is 0.161 e. The maximum absolute atomic E-state index is 5.53. The molecule has 0 radical (unpaired) electrons. The number of fused-ring (bicyclic) bond motifs is 1. The number of methoxy groups -OCH3 is 2. The van der Waals surface area contributed by atoms with E-state index in [1.807, 2.05) is 35.4 Å². The van der Waals surface area contributed by atoms with E-state index in [1.165, 1.54) is 40.4 Å². The van der Waals surface area contributed by atoms with Crippen LogP contribution in [0, 0.1) is 6.92 Å². The number of hydrogen-bond donors (Lipinski definition) is 1. The lowest BCUT2D eigenvalue weighted by atomic mass is 9.88. The Balaban J connectivity index is 1.14. The SMILES string of the molecule is COc1ccc(-c2[nH]c3ccc(C4CCN(Cc5ccc(-n6ccnc6)cc5)CC4)cc3c2C)cc1OC. The molecule has 3 heterocycles. The molecule has 0 bridgehead atoms. The van der Waals surface area contributed by atoms with Gasteiger partial charge in [-0.1, -0.05) is 18.2 Å². The average molecular weight is 507 g/mol. The molecule has 3 aromatic carbocycles. The monoisotopic (exact) mass is 506 g/mol. The zero-order valence-electron chi connectivity index (χ0n) is 22.3. The molecular formula is C32H34N4O2. The quantitative estimate of drug-likeness (QED) is 0.266. The van der Waals surface area contributed by atoms with E-state index in [0.29, 0.717) is 5.92 Å². The number of imidazole rings is 1. The number of nitrogens with one attached hydrogen (secondary N) is 1. The van der Waals surface area contributed by atoms with E-state index in [1.54, 1.807) is 14.2 Å². The van der Waals surface area contributed by atoms with E-state index >= 15 is 0 Å². The number of benzene rings is 3. The van der Waals surface area contributed by atoms with Gasteiger partial charge in [0.1, 0.15) is 0 Å². The van der Waals surface area contributed by atoms with Gasteiger partial charge in [-0.05, 0) is 97.9 Å². The Morgan fingerprint density at radius 1 is 0.921 bits per heavy atom. The minimum absolute atomic E-state index is 0.595. The van der Waals surface area contributed by atoms with Crippen molar-refractivity contribution in [1.29, 1.82) is 0 Å². The lowest BCUT2D eigenvalue weighted by Gasteiger charge is -2.32. The highest BCUT2D eigenvalue weighted by Gasteiger charge is 2.22. The third kappa shape index (κ3) is 4.68. The van der Waals surface area contributed by atoms with Gasteiger partial charge >= 0.3 is 0 Å². The highest BCUT2D eigenvalue weighted by Crippen LogP contribution is 2.37. The van der Waals surface area contributed by atoms with Gasteiger partial charge in [0, 0.05) is 46.8 Å². The van der Waals surface area contributed by atoms with Crippen molar-refractivity contribution in [2.24, 2.45) is 0 Å². The van der Waals surface area contributed by atoms with Crippen molar-refractivity contribution >= 4 is 10.9 Å². The number of ether oxygens (including phenoxy) is 2. The molecule has 0 atom stereocenters. The van der Waals surface area contributed by atoms with Crippen molar-refractivity contribution in [1.82, 2.24) is 19.4 Å². The average Bonchev–Trinajstić information content (AvgIpc) is 3.62. The fourth-order valence-corrected chi connectivity index (χ4v) is 5.75. The molecule has 194 valence electrons. The van der Waals surface area contributed by atoms with Crippen molar-refractivity contribution in [3.05, 3.63) is 96.1 Å². The number of H-pyrrole nitrogens is 1. The second-order valence-electron chi connectivity index (χ2n) is 10.2. The number of aromatic nitrogens is 3. The lowest BCUT2D eigenvalue weighted by Crippen LogP contribution is -2.32. The molecule has 6 rings (SSSR count). The summed E-state index contributed by atoms with van der Waals surface area (Å²) in [5, 5.41) is 1.30. The highest BCUT2D eigenvalue weighted by atomic mass is 16.5. The first-order valence-electron chi connectivity index (χ1n) is 13.3. The van der Waals surface area contributed by atoms with E-state index in [4.69, 9.17) is 9.47 Å². The summed E-state index contributed by atoms with van der Waals surface area (Å²) < 4.78 is 13.0. The molecule has 1 aliphatic heterocycles. The van der Waals surface area contributed by atoms with Gasteiger partial charge in [-0.3, -0.25) is 4.90 Å². The minimum atomic E-state index is 0.595. The zero-order valence-corrected chi connectivity index (χ0v) is 22.3. The summed E-state index contributed by atoms with van der Waals surface area (Å²) in [6.45, 7) is 5.45. The van der Waals surface area contributed by atoms with Crippen molar-refractivity contribution < 1.29 is 9.47 Å².